The van der Waals surface area contributed by atoms with Crippen LogP contribution in [0.15, 0.2) is 33.6 Å². The van der Waals surface area contributed by atoms with Crippen molar-refractivity contribution in [2.45, 2.75) is 23.2 Å². The van der Waals surface area contributed by atoms with E-state index < -0.39 is 0 Å². The molecule has 19 heavy (non-hydrogen) atoms. The number of hydrogen-bond donors (Lipinski definition) is 0. The minimum atomic E-state index is 0.241. The molecule has 2 aliphatic heterocycles. The van der Waals surface area contributed by atoms with Gasteiger partial charge in [0.1, 0.15) is 0 Å². The van der Waals surface area contributed by atoms with Crippen molar-refractivity contribution >= 4 is 11.8 Å². The molecule has 0 N–H and O–H groups in total. The Labute approximate surface area is 115 Å². The molecule has 0 radical (unpaired) electrons. The number of hydrogen-bond acceptors (Lipinski definition) is 5. The molecule has 2 aliphatic rings. The number of ether oxygens (including phenoxy) is 1. The number of thioether (sulfide) groups is 1. The Morgan fingerprint density at radius 2 is 2.05 bits per heavy atom. The molecule has 4 rings (SSSR count). The average molecular weight is 274 g/mol. The van der Waals surface area contributed by atoms with Crippen molar-refractivity contribution in [1.29, 1.82) is 0 Å². The van der Waals surface area contributed by atoms with E-state index in [9.17, 15) is 0 Å². The molecule has 2 atom stereocenters. The van der Waals surface area contributed by atoms with E-state index in [1.807, 2.05) is 11.8 Å². The summed E-state index contributed by atoms with van der Waals surface area (Å²) in [4.78, 5) is 1.33. The Balaban J connectivity index is 1.63. The lowest BCUT2D eigenvalue weighted by Crippen LogP contribution is -1.99. The number of benzene rings is 1. The van der Waals surface area contributed by atoms with E-state index in [4.69, 9.17) is 9.15 Å². The van der Waals surface area contributed by atoms with Crippen LogP contribution in [0.5, 0.6) is 0 Å². The van der Waals surface area contributed by atoms with Gasteiger partial charge < -0.3 is 9.15 Å². The predicted octanol–water partition coefficient (Wildman–Crippen LogP) is 2.81. The second kappa shape index (κ2) is 4.65. The normalized spacial score (nSPS) is 25.7. The summed E-state index contributed by atoms with van der Waals surface area (Å²) in [5, 5.41) is 8.47. The molecule has 0 saturated carbocycles. The highest BCUT2D eigenvalue weighted by Gasteiger charge is 2.30. The van der Waals surface area contributed by atoms with Crippen molar-refractivity contribution < 1.29 is 9.15 Å². The van der Waals surface area contributed by atoms with E-state index in [-0.39, 0.29) is 11.8 Å². The number of aromatic nitrogens is 2. The van der Waals surface area contributed by atoms with Crippen LogP contribution in [-0.4, -0.2) is 29.2 Å². The van der Waals surface area contributed by atoms with Crippen molar-refractivity contribution in [1.82, 2.24) is 10.2 Å². The van der Waals surface area contributed by atoms with Gasteiger partial charge in [-0.05, 0) is 18.1 Å². The minimum absolute atomic E-state index is 0.241. The summed E-state index contributed by atoms with van der Waals surface area (Å²) in [6.07, 6.45) is 0.984. The number of fused-ring (bicyclic) bond motifs is 1. The largest absolute Gasteiger partial charge is 0.424 e. The lowest BCUT2D eigenvalue weighted by Gasteiger charge is -2.05. The van der Waals surface area contributed by atoms with Crippen LogP contribution >= 0.6 is 11.8 Å². The third kappa shape index (κ3) is 1.97. The second-order valence-electron chi connectivity index (χ2n) is 4.94. The summed E-state index contributed by atoms with van der Waals surface area (Å²) in [5.41, 5.74) is 1.31. The zero-order valence-electron chi connectivity index (χ0n) is 10.4. The maximum atomic E-state index is 5.89. The van der Waals surface area contributed by atoms with Crippen molar-refractivity contribution in [2.24, 2.45) is 0 Å². The Kier molecular flexibility index (Phi) is 2.81. The molecular formula is C14H14N2O2S. The van der Waals surface area contributed by atoms with Gasteiger partial charge in [-0.25, -0.2) is 0 Å². The van der Waals surface area contributed by atoms with Crippen LogP contribution < -0.4 is 0 Å². The van der Waals surface area contributed by atoms with E-state index in [2.05, 4.69) is 34.5 Å². The summed E-state index contributed by atoms with van der Waals surface area (Å²) < 4.78 is 11.3. The highest BCUT2D eigenvalue weighted by Crippen LogP contribution is 2.42. The molecule has 1 aromatic heterocycles. The molecule has 0 spiro atoms. The van der Waals surface area contributed by atoms with E-state index in [1.165, 1.54) is 10.5 Å². The molecule has 98 valence electrons. The number of rotatable bonds is 2. The monoisotopic (exact) mass is 274 g/mol. The molecule has 1 aromatic carbocycles. The summed E-state index contributed by atoms with van der Waals surface area (Å²) in [6.45, 7) is 1.50. The van der Waals surface area contributed by atoms with Crippen LogP contribution in [0.1, 0.15) is 35.6 Å². The molecule has 1 fully saturated rings. The van der Waals surface area contributed by atoms with Gasteiger partial charge in [0, 0.05) is 17.3 Å². The lowest BCUT2D eigenvalue weighted by molar-refractivity contribution is 0.190. The van der Waals surface area contributed by atoms with Gasteiger partial charge in [-0.2, -0.15) is 0 Å². The summed E-state index contributed by atoms with van der Waals surface area (Å²) >= 11 is 1.86. The van der Waals surface area contributed by atoms with Crippen LogP contribution in [0.3, 0.4) is 0 Å². The highest BCUT2D eigenvalue weighted by molar-refractivity contribution is 7.99. The van der Waals surface area contributed by atoms with Gasteiger partial charge >= 0.3 is 0 Å². The Bertz CT molecular complexity index is 593. The van der Waals surface area contributed by atoms with Crippen LogP contribution in [0.4, 0.5) is 0 Å². The maximum absolute atomic E-state index is 5.89. The number of nitrogens with zero attached hydrogens (tertiary/aromatic N) is 2. The van der Waals surface area contributed by atoms with Crippen molar-refractivity contribution in [3.63, 3.8) is 0 Å². The van der Waals surface area contributed by atoms with Gasteiger partial charge in [0.15, 0.2) is 0 Å². The highest BCUT2D eigenvalue weighted by atomic mass is 32.2. The zero-order valence-corrected chi connectivity index (χ0v) is 11.2. The third-order valence-electron chi connectivity index (χ3n) is 3.73. The van der Waals surface area contributed by atoms with Gasteiger partial charge in [-0.3, -0.25) is 0 Å². The molecule has 0 amide bonds. The van der Waals surface area contributed by atoms with Gasteiger partial charge in [0.2, 0.25) is 11.8 Å². The van der Waals surface area contributed by atoms with Gasteiger partial charge in [0.25, 0.3) is 0 Å². The Hall–Kier alpha value is -1.33. The fraction of sp³-hybridized carbons (Fsp3) is 0.429. The van der Waals surface area contributed by atoms with E-state index in [0.717, 1.165) is 30.6 Å². The van der Waals surface area contributed by atoms with Gasteiger partial charge in [-0.1, -0.05) is 18.2 Å². The standard InChI is InChI=1S/C14H14N2O2S/c1-2-4-12-10(3-1)11(8-19-12)14-16-15-13(18-14)9-5-6-17-7-9/h1-4,9,11H,5-8H2/t9-,11+/m1/s1. The fourth-order valence-corrected chi connectivity index (χ4v) is 3.87. The van der Waals surface area contributed by atoms with Gasteiger partial charge in [-0.15, -0.1) is 22.0 Å². The Morgan fingerprint density at radius 1 is 1.16 bits per heavy atom. The Morgan fingerprint density at radius 3 is 2.95 bits per heavy atom. The fourth-order valence-electron chi connectivity index (χ4n) is 2.65. The van der Waals surface area contributed by atoms with E-state index in [1.54, 1.807) is 0 Å². The molecule has 2 aromatic rings. The molecule has 0 unspecified atom stereocenters. The van der Waals surface area contributed by atoms with E-state index in [0.29, 0.717) is 6.61 Å². The zero-order chi connectivity index (χ0) is 12.7. The topological polar surface area (TPSA) is 48.2 Å². The molecule has 0 aliphatic carbocycles. The molecule has 5 heteroatoms. The second-order valence-corrected chi connectivity index (χ2v) is 6.00. The first kappa shape index (κ1) is 11.5. The van der Waals surface area contributed by atoms with E-state index >= 15 is 0 Å². The molecule has 1 saturated heterocycles. The van der Waals surface area contributed by atoms with Gasteiger partial charge in [0.05, 0.1) is 18.4 Å². The summed E-state index contributed by atoms with van der Waals surface area (Å²) in [5.74, 6) is 3.00. The first-order valence-electron chi connectivity index (χ1n) is 6.54. The minimum Gasteiger partial charge on any atom is -0.424 e. The quantitative estimate of drug-likeness (QED) is 0.842. The van der Waals surface area contributed by atoms with Crippen LogP contribution in [0.2, 0.25) is 0 Å². The van der Waals surface area contributed by atoms with Crippen molar-refractivity contribution in [3.05, 3.63) is 41.6 Å². The predicted molar refractivity (Wildman–Crippen MR) is 71.5 cm³/mol. The average Bonchev–Trinajstić information content (AvgIpc) is 3.18. The van der Waals surface area contributed by atoms with Crippen LogP contribution in [0.25, 0.3) is 0 Å². The molecule has 0 bridgehead atoms. The van der Waals surface area contributed by atoms with Crippen molar-refractivity contribution in [3.8, 4) is 0 Å². The molecule has 3 heterocycles. The third-order valence-corrected chi connectivity index (χ3v) is 4.92. The summed E-state index contributed by atoms with van der Waals surface area (Å²) in [6, 6.07) is 8.45. The molecular weight excluding hydrogens is 260 g/mol. The first-order valence-corrected chi connectivity index (χ1v) is 7.53. The SMILES string of the molecule is c1ccc2c(c1)SC[C@@H]2c1nnc([C@@H]2CCOC2)o1. The van der Waals surface area contributed by atoms with Crippen molar-refractivity contribution in [2.75, 3.05) is 19.0 Å². The summed E-state index contributed by atoms with van der Waals surface area (Å²) in [7, 11) is 0. The smallest absolute Gasteiger partial charge is 0.224 e. The van der Waals surface area contributed by atoms with Crippen LogP contribution in [0, 0.1) is 0 Å². The van der Waals surface area contributed by atoms with Crippen LogP contribution in [-0.2, 0) is 4.74 Å². The lowest BCUT2D eigenvalue weighted by atomic mass is 10.0. The maximum Gasteiger partial charge on any atom is 0.224 e. The molecule has 4 nitrogen and oxygen atoms in total. The first-order chi connectivity index (χ1) is 9.42.